The molecular formula is C17H21NOS. The van der Waals surface area contributed by atoms with Gasteiger partial charge >= 0.3 is 0 Å². The van der Waals surface area contributed by atoms with Gasteiger partial charge in [-0.05, 0) is 43.8 Å². The van der Waals surface area contributed by atoms with E-state index < -0.39 is 0 Å². The van der Waals surface area contributed by atoms with Crippen molar-refractivity contribution in [3.05, 3.63) is 59.7 Å². The van der Waals surface area contributed by atoms with Gasteiger partial charge in [0.25, 0.3) is 0 Å². The van der Waals surface area contributed by atoms with Crippen molar-refractivity contribution in [3.63, 3.8) is 0 Å². The summed E-state index contributed by atoms with van der Waals surface area (Å²) in [5.41, 5.74) is 2.57. The second kappa shape index (κ2) is 7.98. The average Bonchev–Trinajstić information content (AvgIpc) is 2.47. The van der Waals surface area contributed by atoms with E-state index in [1.54, 1.807) is 0 Å². The number of hydrogen-bond donors (Lipinski definition) is 1. The summed E-state index contributed by atoms with van der Waals surface area (Å²) in [6, 6.07) is 16.9. The van der Waals surface area contributed by atoms with Crippen LogP contribution in [-0.4, -0.2) is 19.4 Å². The number of nitrogens with one attached hydrogen (secondary N) is 1. The molecule has 0 radical (unpaired) electrons. The number of benzene rings is 2. The Bertz CT molecular complexity index is 508. The van der Waals surface area contributed by atoms with E-state index >= 15 is 0 Å². The number of hydrogen-bond acceptors (Lipinski definition) is 3. The van der Waals surface area contributed by atoms with E-state index in [1.165, 1.54) is 16.0 Å². The maximum Gasteiger partial charge on any atom is 0.119 e. The highest BCUT2D eigenvalue weighted by Crippen LogP contribution is 2.19. The Hall–Kier alpha value is -1.45. The molecule has 0 fully saturated rings. The molecule has 2 aromatic carbocycles. The van der Waals surface area contributed by atoms with Gasteiger partial charge in [-0.2, -0.15) is 0 Å². The Labute approximate surface area is 125 Å². The van der Waals surface area contributed by atoms with Crippen LogP contribution in [0, 0.1) is 6.92 Å². The third-order valence-electron chi connectivity index (χ3n) is 2.95. The van der Waals surface area contributed by atoms with Gasteiger partial charge in [0.2, 0.25) is 0 Å². The van der Waals surface area contributed by atoms with Crippen molar-refractivity contribution in [2.45, 2.75) is 18.4 Å². The van der Waals surface area contributed by atoms with Gasteiger partial charge in [0.1, 0.15) is 5.75 Å². The van der Waals surface area contributed by atoms with Crippen LogP contribution in [0.5, 0.6) is 5.75 Å². The zero-order valence-electron chi connectivity index (χ0n) is 12.1. The predicted octanol–water partition coefficient (Wildman–Crippen LogP) is 3.89. The third kappa shape index (κ3) is 4.91. The second-order valence-corrected chi connectivity index (χ2v) is 5.85. The van der Waals surface area contributed by atoms with E-state index in [1.807, 2.05) is 30.9 Å². The first-order chi connectivity index (χ1) is 9.78. The van der Waals surface area contributed by atoms with Gasteiger partial charge in [0.05, 0.1) is 6.61 Å². The highest BCUT2D eigenvalue weighted by molar-refractivity contribution is 7.99. The van der Waals surface area contributed by atoms with Crippen molar-refractivity contribution < 1.29 is 4.74 Å². The van der Waals surface area contributed by atoms with E-state index in [2.05, 4.69) is 48.6 Å². The molecule has 0 saturated heterocycles. The molecule has 0 aliphatic rings. The molecule has 2 rings (SSSR count). The van der Waals surface area contributed by atoms with Crippen molar-refractivity contribution >= 4 is 11.8 Å². The molecule has 3 heteroatoms. The lowest BCUT2D eigenvalue weighted by Gasteiger charge is -2.07. The van der Waals surface area contributed by atoms with Crippen LogP contribution >= 0.6 is 11.8 Å². The summed E-state index contributed by atoms with van der Waals surface area (Å²) in [7, 11) is 1.95. The number of aryl methyl sites for hydroxylation is 1. The molecule has 2 nitrogen and oxygen atoms in total. The lowest BCUT2D eigenvalue weighted by Crippen LogP contribution is -2.05. The molecule has 0 atom stereocenters. The van der Waals surface area contributed by atoms with E-state index in [0.29, 0.717) is 0 Å². The summed E-state index contributed by atoms with van der Waals surface area (Å²) in [4.78, 5) is 1.29. The maximum atomic E-state index is 5.74. The van der Waals surface area contributed by atoms with Crippen LogP contribution in [-0.2, 0) is 6.54 Å². The van der Waals surface area contributed by atoms with Gasteiger partial charge < -0.3 is 10.1 Å². The lowest BCUT2D eigenvalue weighted by atomic mass is 10.2. The van der Waals surface area contributed by atoms with Gasteiger partial charge in [-0.15, -0.1) is 11.8 Å². The Kier molecular flexibility index (Phi) is 5.96. The quantitative estimate of drug-likeness (QED) is 0.617. The van der Waals surface area contributed by atoms with Crippen molar-refractivity contribution in [1.29, 1.82) is 0 Å². The highest BCUT2D eigenvalue weighted by atomic mass is 32.2. The second-order valence-electron chi connectivity index (χ2n) is 4.68. The molecule has 20 heavy (non-hydrogen) atoms. The van der Waals surface area contributed by atoms with Crippen LogP contribution < -0.4 is 10.1 Å². The maximum absolute atomic E-state index is 5.74. The third-order valence-corrected chi connectivity index (χ3v) is 3.92. The van der Waals surface area contributed by atoms with Gasteiger partial charge in [-0.25, -0.2) is 0 Å². The topological polar surface area (TPSA) is 21.3 Å². The molecule has 0 aliphatic heterocycles. The standard InChI is InChI=1S/C17H21NOS/c1-14-3-9-17(10-4-14)20-12-11-19-16-7-5-15(6-8-16)13-18-2/h3-10,18H,11-13H2,1-2H3. The number of rotatable bonds is 7. The van der Waals surface area contributed by atoms with Gasteiger partial charge in [0.15, 0.2) is 0 Å². The minimum absolute atomic E-state index is 0.726. The highest BCUT2D eigenvalue weighted by Gasteiger charge is 1.97. The van der Waals surface area contributed by atoms with Crippen LogP contribution in [0.1, 0.15) is 11.1 Å². The van der Waals surface area contributed by atoms with Gasteiger partial charge in [-0.1, -0.05) is 29.8 Å². The molecule has 0 saturated carbocycles. The molecule has 0 amide bonds. The van der Waals surface area contributed by atoms with Crippen molar-refractivity contribution in [1.82, 2.24) is 5.32 Å². The summed E-state index contributed by atoms with van der Waals surface area (Å²) in [6.07, 6.45) is 0. The Morgan fingerprint density at radius 2 is 1.70 bits per heavy atom. The van der Waals surface area contributed by atoms with Crippen molar-refractivity contribution in [2.75, 3.05) is 19.4 Å². The zero-order valence-corrected chi connectivity index (χ0v) is 12.9. The number of thioether (sulfide) groups is 1. The van der Waals surface area contributed by atoms with Crippen LogP contribution in [0.3, 0.4) is 0 Å². The van der Waals surface area contributed by atoms with Crippen LogP contribution in [0.15, 0.2) is 53.4 Å². The molecule has 2 aromatic rings. The molecule has 0 aliphatic carbocycles. The van der Waals surface area contributed by atoms with Crippen molar-refractivity contribution in [2.24, 2.45) is 0 Å². The van der Waals surface area contributed by atoms with Crippen LogP contribution in [0.4, 0.5) is 0 Å². The van der Waals surface area contributed by atoms with E-state index in [-0.39, 0.29) is 0 Å². The molecular weight excluding hydrogens is 266 g/mol. The summed E-state index contributed by atoms with van der Waals surface area (Å²) in [6.45, 7) is 3.72. The molecule has 0 unspecified atom stereocenters. The minimum Gasteiger partial charge on any atom is -0.493 e. The molecule has 0 spiro atoms. The fourth-order valence-corrected chi connectivity index (χ4v) is 2.59. The monoisotopic (exact) mass is 287 g/mol. The fraction of sp³-hybridized carbons (Fsp3) is 0.294. The summed E-state index contributed by atoms with van der Waals surface area (Å²) < 4.78 is 5.74. The number of ether oxygens (including phenoxy) is 1. The van der Waals surface area contributed by atoms with E-state index in [4.69, 9.17) is 4.74 Å². The van der Waals surface area contributed by atoms with Gasteiger partial charge in [0, 0.05) is 17.2 Å². The van der Waals surface area contributed by atoms with E-state index in [9.17, 15) is 0 Å². The molecule has 0 bridgehead atoms. The minimum atomic E-state index is 0.726. The Morgan fingerprint density at radius 1 is 1.00 bits per heavy atom. The first kappa shape index (κ1) is 14.9. The molecule has 0 heterocycles. The molecule has 0 aromatic heterocycles. The SMILES string of the molecule is CNCc1ccc(OCCSc2ccc(C)cc2)cc1. The van der Waals surface area contributed by atoms with Crippen LogP contribution in [0.2, 0.25) is 0 Å². The lowest BCUT2D eigenvalue weighted by molar-refractivity contribution is 0.344. The molecule has 1 N–H and O–H groups in total. The zero-order chi connectivity index (χ0) is 14.2. The summed E-state index contributed by atoms with van der Waals surface area (Å²) in [5, 5.41) is 3.13. The molecule has 106 valence electrons. The Morgan fingerprint density at radius 3 is 2.35 bits per heavy atom. The largest absolute Gasteiger partial charge is 0.493 e. The summed E-state index contributed by atoms with van der Waals surface area (Å²) >= 11 is 1.82. The van der Waals surface area contributed by atoms with Crippen molar-refractivity contribution in [3.8, 4) is 5.75 Å². The normalized spacial score (nSPS) is 10.5. The van der Waals surface area contributed by atoms with Crippen LogP contribution in [0.25, 0.3) is 0 Å². The first-order valence-electron chi connectivity index (χ1n) is 6.84. The average molecular weight is 287 g/mol. The van der Waals surface area contributed by atoms with Gasteiger partial charge in [-0.3, -0.25) is 0 Å². The Balaban J connectivity index is 1.71. The first-order valence-corrected chi connectivity index (χ1v) is 7.82. The van der Waals surface area contributed by atoms with E-state index in [0.717, 1.165) is 24.7 Å². The predicted molar refractivity (Wildman–Crippen MR) is 86.6 cm³/mol. The summed E-state index contributed by atoms with van der Waals surface area (Å²) in [5.74, 6) is 1.90. The fourth-order valence-electron chi connectivity index (χ4n) is 1.86. The smallest absolute Gasteiger partial charge is 0.119 e.